The van der Waals surface area contributed by atoms with E-state index in [1.165, 1.54) is 0 Å². The first-order valence-electron chi connectivity index (χ1n) is 4.49. The molecule has 78 valence electrons. The molecule has 0 unspecified atom stereocenters. The Labute approximate surface area is 87.4 Å². The van der Waals surface area contributed by atoms with Crippen LogP contribution in [-0.4, -0.2) is 17.5 Å². The van der Waals surface area contributed by atoms with E-state index in [2.05, 4.69) is 27.6 Å². The Balaban J connectivity index is 2.39. The lowest BCUT2D eigenvalue weighted by Crippen LogP contribution is -2.41. The minimum atomic E-state index is 0.612. The minimum absolute atomic E-state index is 0.612. The molecule has 1 rings (SSSR count). The van der Waals surface area contributed by atoms with E-state index in [0.29, 0.717) is 12.5 Å². The third kappa shape index (κ3) is 3.71. The highest BCUT2D eigenvalue weighted by molar-refractivity contribution is 7.09. The molecule has 0 aromatic carbocycles. The van der Waals surface area contributed by atoms with Gasteiger partial charge in [-0.15, -0.1) is 11.3 Å². The van der Waals surface area contributed by atoms with Crippen molar-refractivity contribution in [3.8, 4) is 0 Å². The summed E-state index contributed by atoms with van der Waals surface area (Å²) in [5.74, 6) is 5.92. The lowest BCUT2D eigenvalue weighted by Gasteiger charge is -2.06. The molecule has 5 nitrogen and oxygen atoms in total. The maximum atomic E-state index is 5.30. The molecule has 0 radical (unpaired) electrons. The number of aliphatic imine (C=N–C) groups is 1. The second-order valence-corrected chi connectivity index (χ2v) is 3.67. The number of aromatic nitrogens is 1. The highest BCUT2D eigenvalue weighted by Crippen LogP contribution is 2.05. The Kier molecular flexibility index (Phi) is 4.95. The molecule has 0 saturated heterocycles. The highest BCUT2D eigenvalue weighted by Gasteiger charge is 1.95. The molecular formula is C8H15N5S. The zero-order valence-corrected chi connectivity index (χ0v) is 8.97. The average Bonchev–Trinajstić information content (AvgIpc) is 2.71. The molecule has 1 aromatic rings. The Morgan fingerprint density at radius 3 is 3.14 bits per heavy atom. The van der Waals surface area contributed by atoms with Crippen LogP contribution in [0.4, 0.5) is 0 Å². The first-order chi connectivity index (χ1) is 6.86. The lowest BCUT2D eigenvalue weighted by atomic mass is 10.5. The van der Waals surface area contributed by atoms with Gasteiger partial charge < -0.3 is 5.32 Å². The van der Waals surface area contributed by atoms with Gasteiger partial charge in [0.1, 0.15) is 0 Å². The fourth-order valence-electron chi connectivity index (χ4n) is 0.873. The van der Waals surface area contributed by atoms with E-state index in [-0.39, 0.29) is 0 Å². The first-order valence-corrected chi connectivity index (χ1v) is 5.37. The van der Waals surface area contributed by atoms with E-state index in [1.54, 1.807) is 16.8 Å². The summed E-state index contributed by atoms with van der Waals surface area (Å²) in [6.45, 7) is 3.57. The second kappa shape index (κ2) is 6.33. The number of hydrogen-bond acceptors (Lipinski definition) is 4. The zero-order chi connectivity index (χ0) is 10.2. The van der Waals surface area contributed by atoms with Gasteiger partial charge in [0.25, 0.3) is 0 Å². The topological polar surface area (TPSA) is 75.3 Å². The predicted molar refractivity (Wildman–Crippen MR) is 58.9 cm³/mol. The number of guanidine groups is 1. The number of nitrogens with two attached hydrogens (primary N) is 1. The van der Waals surface area contributed by atoms with Crippen molar-refractivity contribution in [3.05, 3.63) is 16.6 Å². The van der Waals surface area contributed by atoms with E-state index in [0.717, 1.165) is 17.8 Å². The van der Waals surface area contributed by atoms with Crippen molar-refractivity contribution in [2.75, 3.05) is 6.54 Å². The Bertz CT molecular complexity index is 269. The van der Waals surface area contributed by atoms with E-state index < -0.39 is 0 Å². The zero-order valence-electron chi connectivity index (χ0n) is 8.16. The maximum Gasteiger partial charge on any atom is 0.206 e. The van der Waals surface area contributed by atoms with E-state index >= 15 is 0 Å². The molecule has 1 aromatic heterocycles. The molecule has 0 saturated carbocycles. The van der Waals surface area contributed by atoms with E-state index in [4.69, 9.17) is 5.84 Å². The highest BCUT2D eigenvalue weighted by atomic mass is 32.1. The molecule has 4 N–H and O–H groups in total. The van der Waals surface area contributed by atoms with Crippen LogP contribution in [-0.2, 0) is 6.54 Å². The lowest BCUT2D eigenvalue weighted by molar-refractivity contribution is 0.791. The van der Waals surface area contributed by atoms with Crippen molar-refractivity contribution < 1.29 is 0 Å². The van der Waals surface area contributed by atoms with E-state index in [9.17, 15) is 0 Å². The Morgan fingerprint density at radius 2 is 2.57 bits per heavy atom. The van der Waals surface area contributed by atoms with Gasteiger partial charge in [-0.2, -0.15) is 0 Å². The molecule has 0 bridgehead atoms. The van der Waals surface area contributed by atoms with Crippen LogP contribution in [0, 0.1) is 0 Å². The van der Waals surface area contributed by atoms with Gasteiger partial charge in [0.15, 0.2) is 0 Å². The first kappa shape index (κ1) is 10.9. The molecule has 0 spiro atoms. The van der Waals surface area contributed by atoms with Gasteiger partial charge in [-0.05, 0) is 6.42 Å². The summed E-state index contributed by atoms with van der Waals surface area (Å²) >= 11 is 1.58. The summed E-state index contributed by atoms with van der Waals surface area (Å²) in [4.78, 5) is 9.35. The normalized spacial score (nSPS) is 11.4. The van der Waals surface area contributed by atoms with Gasteiger partial charge in [0.2, 0.25) is 5.96 Å². The standard InChI is InChI=1S/C8H15N5S/c1-2-3-11-8(13-9)12-5-7-4-10-6-14-7/h4,6H,2-3,5,9H2,1H3,(H2,11,12,13). The van der Waals surface area contributed by atoms with Crippen LogP contribution >= 0.6 is 11.3 Å². The van der Waals surface area contributed by atoms with Crippen LogP contribution in [0.1, 0.15) is 18.2 Å². The van der Waals surface area contributed by atoms with Crippen LogP contribution in [0.25, 0.3) is 0 Å². The van der Waals surface area contributed by atoms with Gasteiger partial charge in [-0.3, -0.25) is 10.4 Å². The smallest absolute Gasteiger partial charge is 0.206 e. The molecule has 6 heteroatoms. The van der Waals surface area contributed by atoms with Crippen molar-refractivity contribution >= 4 is 17.3 Å². The molecule has 1 heterocycles. The fourth-order valence-corrected chi connectivity index (χ4v) is 1.39. The SMILES string of the molecule is CCCNC(=NCc1cncs1)NN. The van der Waals surface area contributed by atoms with Gasteiger partial charge in [0.05, 0.1) is 12.1 Å². The molecule has 0 fully saturated rings. The number of thiazole rings is 1. The molecule has 0 aliphatic carbocycles. The summed E-state index contributed by atoms with van der Waals surface area (Å²) in [5, 5.41) is 3.08. The second-order valence-electron chi connectivity index (χ2n) is 2.70. The van der Waals surface area contributed by atoms with Gasteiger partial charge in [-0.25, -0.2) is 10.8 Å². The Hall–Kier alpha value is -1.14. The predicted octanol–water partition coefficient (Wildman–Crippen LogP) is 0.462. The van der Waals surface area contributed by atoms with Crippen LogP contribution in [0.3, 0.4) is 0 Å². The van der Waals surface area contributed by atoms with Crippen molar-refractivity contribution in [3.63, 3.8) is 0 Å². The third-order valence-electron chi connectivity index (χ3n) is 1.56. The summed E-state index contributed by atoms with van der Waals surface area (Å²) in [6.07, 6.45) is 2.85. The largest absolute Gasteiger partial charge is 0.355 e. The van der Waals surface area contributed by atoms with E-state index in [1.807, 2.05) is 6.20 Å². The number of hydrogen-bond donors (Lipinski definition) is 3. The number of hydrazine groups is 1. The minimum Gasteiger partial charge on any atom is -0.355 e. The summed E-state index contributed by atoms with van der Waals surface area (Å²) in [5.41, 5.74) is 4.31. The fraction of sp³-hybridized carbons (Fsp3) is 0.500. The van der Waals surface area contributed by atoms with Crippen molar-refractivity contribution in [1.82, 2.24) is 15.7 Å². The van der Waals surface area contributed by atoms with Crippen molar-refractivity contribution in [1.29, 1.82) is 0 Å². The Morgan fingerprint density at radius 1 is 1.71 bits per heavy atom. The van der Waals surface area contributed by atoms with Crippen molar-refractivity contribution in [2.24, 2.45) is 10.8 Å². The molecule has 14 heavy (non-hydrogen) atoms. The van der Waals surface area contributed by atoms with Gasteiger partial charge in [-0.1, -0.05) is 6.92 Å². The molecule has 0 aliphatic rings. The summed E-state index contributed by atoms with van der Waals surface area (Å²) in [6, 6.07) is 0. The van der Waals surface area contributed by atoms with Gasteiger partial charge in [0, 0.05) is 17.6 Å². The summed E-state index contributed by atoms with van der Waals surface area (Å²) in [7, 11) is 0. The van der Waals surface area contributed by atoms with Crippen molar-refractivity contribution in [2.45, 2.75) is 19.9 Å². The van der Waals surface area contributed by atoms with Crippen LogP contribution in [0.15, 0.2) is 16.7 Å². The maximum absolute atomic E-state index is 5.30. The number of nitrogens with zero attached hydrogens (tertiary/aromatic N) is 2. The quantitative estimate of drug-likeness (QED) is 0.294. The molecular weight excluding hydrogens is 198 g/mol. The molecule has 0 atom stereocenters. The van der Waals surface area contributed by atoms with Crippen LogP contribution in [0.5, 0.6) is 0 Å². The monoisotopic (exact) mass is 213 g/mol. The third-order valence-corrected chi connectivity index (χ3v) is 2.32. The number of rotatable bonds is 4. The summed E-state index contributed by atoms with van der Waals surface area (Å²) < 4.78 is 0. The van der Waals surface area contributed by atoms with Crippen LogP contribution < -0.4 is 16.6 Å². The average molecular weight is 213 g/mol. The van der Waals surface area contributed by atoms with Crippen LogP contribution in [0.2, 0.25) is 0 Å². The molecule has 0 amide bonds. The number of nitrogens with one attached hydrogen (secondary N) is 2. The molecule has 0 aliphatic heterocycles. The van der Waals surface area contributed by atoms with Gasteiger partial charge >= 0.3 is 0 Å².